The van der Waals surface area contributed by atoms with E-state index in [-0.39, 0.29) is 5.84 Å². The molecule has 4 nitrogen and oxygen atoms in total. The first kappa shape index (κ1) is 15.8. The van der Waals surface area contributed by atoms with Gasteiger partial charge in [0.2, 0.25) is 0 Å². The summed E-state index contributed by atoms with van der Waals surface area (Å²) < 4.78 is 0. The van der Waals surface area contributed by atoms with E-state index in [0.717, 1.165) is 11.1 Å². The van der Waals surface area contributed by atoms with Crippen molar-refractivity contribution in [2.75, 3.05) is 0 Å². The number of amidine groups is 1. The number of benzene rings is 2. The summed E-state index contributed by atoms with van der Waals surface area (Å²) in [4.78, 5) is 16.3. The Bertz CT molecular complexity index is 680. The van der Waals surface area contributed by atoms with Gasteiger partial charge < -0.3 is 10.6 Å². The zero-order valence-electron chi connectivity index (χ0n) is 11.8. The summed E-state index contributed by atoms with van der Waals surface area (Å²) in [6.07, 6.45) is 3.33. The molecule has 0 aromatic heterocycles. The standard InChI is InChI=1S/C17H15ClN2O2/c18-15-9-6-14(7-10-15)12-16(19)20-22-17(21)11-8-13-4-2-1-3-5-13/h1-11H,12H2,(H2,19,20). The highest BCUT2D eigenvalue weighted by atomic mass is 35.5. The lowest BCUT2D eigenvalue weighted by Crippen LogP contribution is -2.16. The molecule has 0 unspecified atom stereocenters. The highest BCUT2D eigenvalue weighted by molar-refractivity contribution is 6.30. The molecule has 0 aliphatic heterocycles. The Morgan fingerprint density at radius 2 is 1.82 bits per heavy atom. The van der Waals surface area contributed by atoms with Crippen molar-refractivity contribution >= 4 is 29.5 Å². The Morgan fingerprint density at radius 1 is 1.14 bits per heavy atom. The molecule has 0 spiro atoms. The fourth-order valence-electron chi connectivity index (χ4n) is 1.71. The van der Waals surface area contributed by atoms with Crippen LogP contribution in [0, 0.1) is 0 Å². The zero-order valence-corrected chi connectivity index (χ0v) is 12.5. The first-order valence-electron chi connectivity index (χ1n) is 6.64. The molecule has 0 heterocycles. The lowest BCUT2D eigenvalue weighted by atomic mass is 10.1. The lowest BCUT2D eigenvalue weighted by Gasteiger charge is -2.00. The molecule has 2 N–H and O–H groups in total. The highest BCUT2D eigenvalue weighted by Crippen LogP contribution is 2.09. The van der Waals surface area contributed by atoms with Gasteiger partial charge in [0.1, 0.15) is 5.84 Å². The van der Waals surface area contributed by atoms with E-state index in [9.17, 15) is 4.79 Å². The Labute approximate surface area is 133 Å². The van der Waals surface area contributed by atoms with Crippen LogP contribution in [0.2, 0.25) is 5.02 Å². The first-order valence-corrected chi connectivity index (χ1v) is 7.02. The number of nitrogens with zero attached hydrogens (tertiary/aromatic N) is 1. The number of hydrogen-bond donors (Lipinski definition) is 1. The van der Waals surface area contributed by atoms with Gasteiger partial charge in [0.25, 0.3) is 0 Å². The van der Waals surface area contributed by atoms with Gasteiger partial charge in [0.15, 0.2) is 0 Å². The van der Waals surface area contributed by atoms with Crippen molar-refractivity contribution in [3.05, 3.63) is 76.8 Å². The van der Waals surface area contributed by atoms with E-state index in [2.05, 4.69) is 5.16 Å². The normalized spacial score (nSPS) is 11.6. The zero-order chi connectivity index (χ0) is 15.8. The Balaban J connectivity index is 1.86. The van der Waals surface area contributed by atoms with Crippen molar-refractivity contribution in [3.63, 3.8) is 0 Å². The quantitative estimate of drug-likeness (QED) is 0.302. The third-order valence-electron chi connectivity index (χ3n) is 2.76. The molecule has 0 saturated carbocycles. The molecule has 2 aromatic carbocycles. The van der Waals surface area contributed by atoms with Crippen LogP contribution in [0.1, 0.15) is 11.1 Å². The minimum atomic E-state index is -0.581. The predicted molar refractivity (Wildman–Crippen MR) is 88.3 cm³/mol. The van der Waals surface area contributed by atoms with E-state index < -0.39 is 5.97 Å². The molecule has 0 fully saturated rings. The molecule has 0 aliphatic carbocycles. The third kappa shape index (κ3) is 5.42. The van der Waals surface area contributed by atoms with Crippen LogP contribution in [0.15, 0.2) is 65.8 Å². The topological polar surface area (TPSA) is 64.7 Å². The summed E-state index contributed by atoms with van der Waals surface area (Å²) in [7, 11) is 0. The van der Waals surface area contributed by atoms with Gasteiger partial charge in [-0.05, 0) is 29.3 Å². The predicted octanol–water partition coefficient (Wildman–Crippen LogP) is 3.41. The Morgan fingerprint density at radius 3 is 2.50 bits per heavy atom. The lowest BCUT2D eigenvalue weighted by molar-refractivity contribution is -0.137. The molecule has 0 bridgehead atoms. The van der Waals surface area contributed by atoms with E-state index >= 15 is 0 Å². The van der Waals surface area contributed by atoms with Crippen molar-refractivity contribution in [1.29, 1.82) is 0 Å². The van der Waals surface area contributed by atoms with E-state index in [1.54, 1.807) is 18.2 Å². The second-order valence-corrected chi connectivity index (χ2v) is 4.98. The van der Waals surface area contributed by atoms with Gasteiger partial charge in [-0.3, -0.25) is 0 Å². The van der Waals surface area contributed by atoms with Crippen LogP contribution >= 0.6 is 11.6 Å². The van der Waals surface area contributed by atoms with Crippen molar-refractivity contribution < 1.29 is 9.63 Å². The van der Waals surface area contributed by atoms with Crippen LogP contribution < -0.4 is 5.73 Å². The van der Waals surface area contributed by atoms with Crippen LogP contribution in [0.5, 0.6) is 0 Å². The minimum absolute atomic E-state index is 0.212. The molecule has 0 radical (unpaired) electrons. The average Bonchev–Trinajstić information content (AvgIpc) is 2.54. The summed E-state index contributed by atoms with van der Waals surface area (Å²) >= 11 is 5.80. The molecule has 0 aliphatic rings. The summed E-state index contributed by atoms with van der Waals surface area (Å²) in [6.45, 7) is 0. The van der Waals surface area contributed by atoms with Crippen molar-refractivity contribution in [1.82, 2.24) is 0 Å². The first-order chi connectivity index (χ1) is 10.6. The van der Waals surface area contributed by atoms with Crippen LogP contribution in [0.3, 0.4) is 0 Å². The van der Waals surface area contributed by atoms with Crippen molar-refractivity contribution in [2.24, 2.45) is 10.9 Å². The number of carbonyl (C=O) groups is 1. The summed E-state index contributed by atoms with van der Waals surface area (Å²) in [6, 6.07) is 16.6. The van der Waals surface area contributed by atoms with Crippen molar-refractivity contribution in [2.45, 2.75) is 6.42 Å². The van der Waals surface area contributed by atoms with Gasteiger partial charge in [-0.15, -0.1) is 0 Å². The molecular weight excluding hydrogens is 300 g/mol. The van der Waals surface area contributed by atoms with Gasteiger partial charge >= 0.3 is 5.97 Å². The number of halogens is 1. The van der Waals surface area contributed by atoms with E-state index in [4.69, 9.17) is 22.2 Å². The summed E-state index contributed by atoms with van der Waals surface area (Å²) in [5.74, 6) is -0.369. The molecule has 0 saturated heterocycles. The molecule has 0 amide bonds. The van der Waals surface area contributed by atoms with Crippen LogP contribution in [-0.2, 0) is 16.1 Å². The molecular formula is C17H15ClN2O2. The molecule has 22 heavy (non-hydrogen) atoms. The maximum atomic E-state index is 11.5. The Kier molecular flexibility index (Phi) is 5.74. The fraction of sp³-hybridized carbons (Fsp3) is 0.0588. The molecule has 2 rings (SSSR count). The second kappa shape index (κ2) is 8.00. The molecule has 0 atom stereocenters. The summed E-state index contributed by atoms with van der Waals surface area (Å²) in [5.41, 5.74) is 7.55. The number of carbonyl (C=O) groups excluding carboxylic acids is 1. The average molecular weight is 315 g/mol. The SMILES string of the molecule is NC(Cc1ccc(Cl)cc1)=NOC(=O)C=Cc1ccccc1. The van der Waals surface area contributed by atoms with Gasteiger partial charge in [-0.25, -0.2) is 4.79 Å². The highest BCUT2D eigenvalue weighted by Gasteiger charge is 2.00. The Hall–Kier alpha value is -2.59. The molecule has 5 heteroatoms. The maximum absolute atomic E-state index is 11.5. The van der Waals surface area contributed by atoms with Gasteiger partial charge in [0.05, 0.1) is 0 Å². The van der Waals surface area contributed by atoms with Crippen LogP contribution in [-0.4, -0.2) is 11.8 Å². The number of oxime groups is 1. The largest absolute Gasteiger partial charge is 0.384 e. The number of rotatable bonds is 5. The van der Waals surface area contributed by atoms with E-state index in [1.165, 1.54) is 6.08 Å². The summed E-state index contributed by atoms with van der Waals surface area (Å²) in [5, 5.41) is 4.26. The molecule has 112 valence electrons. The monoisotopic (exact) mass is 314 g/mol. The van der Waals surface area contributed by atoms with Gasteiger partial charge in [-0.2, -0.15) is 0 Å². The van der Waals surface area contributed by atoms with E-state index in [0.29, 0.717) is 11.4 Å². The maximum Gasteiger partial charge on any atom is 0.358 e. The smallest absolute Gasteiger partial charge is 0.358 e. The number of nitrogens with two attached hydrogens (primary N) is 1. The van der Waals surface area contributed by atoms with Gasteiger partial charge in [-0.1, -0.05) is 59.2 Å². The van der Waals surface area contributed by atoms with Gasteiger partial charge in [0, 0.05) is 17.5 Å². The second-order valence-electron chi connectivity index (χ2n) is 4.54. The van der Waals surface area contributed by atoms with E-state index in [1.807, 2.05) is 42.5 Å². The minimum Gasteiger partial charge on any atom is -0.384 e. The molecule has 2 aromatic rings. The third-order valence-corrected chi connectivity index (χ3v) is 3.01. The number of hydrogen-bond acceptors (Lipinski definition) is 3. The van der Waals surface area contributed by atoms with Crippen LogP contribution in [0.4, 0.5) is 0 Å². The van der Waals surface area contributed by atoms with Crippen molar-refractivity contribution in [3.8, 4) is 0 Å². The van der Waals surface area contributed by atoms with Crippen LogP contribution in [0.25, 0.3) is 6.08 Å². The fourth-order valence-corrected chi connectivity index (χ4v) is 1.83.